The van der Waals surface area contributed by atoms with E-state index in [0.717, 1.165) is 29.0 Å². The number of aromatic amines is 1. The fourth-order valence-electron chi connectivity index (χ4n) is 3.44. The lowest BCUT2D eigenvalue weighted by atomic mass is 10.2. The highest BCUT2D eigenvalue weighted by molar-refractivity contribution is 7.14. The van der Waals surface area contributed by atoms with Gasteiger partial charge in [0.15, 0.2) is 16.8 Å². The van der Waals surface area contributed by atoms with Gasteiger partial charge in [0.25, 0.3) is 5.56 Å². The van der Waals surface area contributed by atoms with E-state index in [9.17, 15) is 23.2 Å². The number of nitrogen functional groups attached to an aromatic ring is 1. The summed E-state index contributed by atoms with van der Waals surface area (Å²) >= 11 is 1.10. The molecule has 180 valence electrons. The molecule has 0 saturated carbocycles. The quantitative estimate of drug-likeness (QED) is 0.360. The number of amides is 1. The first-order chi connectivity index (χ1) is 16.7. The molecule has 0 spiro atoms. The lowest BCUT2D eigenvalue weighted by Crippen LogP contribution is -2.39. The summed E-state index contributed by atoms with van der Waals surface area (Å²) in [6.07, 6.45) is 0. The van der Waals surface area contributed by atoms with Crippen LogP contribution in [0.5, 0.6) is 0 Å². The number of anilines is 3. The number of carbonyl (C=O) groups excluding carboxylic acids is 1. The average Bonchev–Trinajstić information content (AvgIpc) is 3.27. The molecule has 0 aliphatic rings. The van der Waals surface area contributed by atoms with Crippen LogP contribution in [0.25, 0.3) is 11.3 Å². The van der Waals surface area contributed by atoms with E-state index < -0.39 is 28.8 Å². The molecule has 0 aliphatic carbocycles. The fourth-order valence-corrected chi connectivity index (χ4v) is 4.18. The minimum absolute atomic E-state index is 0.0303. The monoisotopic (exact) mass is 498 g/mol. The molecule has 35 heavy (non-hydrogen) atoms. The largest absolute Gasteiger partial charge is 0.383 e. The van der Waals surface area contributed by atoms with Crippen molar-refractivity contribution in [2.45, 2.75) is 6.54 Å². The topological polar surface area (TPSA) is 126 Å². The Morgan fingerprint density at radius 2 is 1.91 bits per heavy atom. The Morgan fingerprint density at radius 3 is 2.63 bits per heavy atom. The van der Waals surface area contributed by atoms with E-state index in [2.05, 4.69) is 15.3 Å². The molecule has 4 N–H and O–H groups in total. The predicted molar refractivity (Wildman–Crippen MR) is 131 cm³/mol. The smallest absolute Gasteiger partial charge is 0.330 e. The normalized spacial score (nSPS) is 10.8. The van der Waals surface area contributed by atoms with E-state index in [0.29, 0.717) is 11.3 Å². The molecule has 2 aromatic carbocycles. The van der Waals surface area contributed by atoms with Crippen LogP contribution in [0.3, 0.4) is 0 Å². The Balaban J connectivity index is 1.49. The molecule has 0 unspecified atom stereocenters. The highest BCUT2D eigenvalue weighted by Crippen LogP contribution is 2.26. The summed E-state index contributed by atoms with van der Waals surface area (Å²) in [5.41, 5.74) is 6.27. The van der Waals surface area contributed by atoms with E-state index in [1.54, 1.807) is 5.38 Å². The molecular formula is C23H20F2N6O3S. The van der Waals surface area contributed by atoms with Gasteiger partial charge in [-0.15, -0.1) is 11.3 Å². The molecule has 0 atom stereocenters. The summed E-state index contributed by atoms with van der Waals surface area (Å²) in [4.78, 5) is 45.2. The van der Waals surface area contributed by atoms with Gasteiger partial charge >= 0.3 is 5.69 Å². The average molecular weight is 499 g/mol. The molecule has 0 radical (unpaired) electrons. The number of nitrogens with one attached hydrogen (secondary N) is 2. The second kappa shape index (κ2) is 9.89. The third kappa shape index (κ3) is 5.27. The number of H-pyrrole nitrogens is 1. The van der Waals surface area contributed by atoms with Gasteiger partial charge in [-0.25, -0.2) is 18.6 Å². The first-order valence-corrected chi connectivity index (χ1v) is 11.2. The number of hydrogen-bond donors (Lipinski definition) is 3. The zero-order valence-electron chi connectivity index (χ0n) is 18.4. The van der Waals surface area contributed by atoms with Crippen molar-refractivity contribution >= 4 is 33.9 Å². The maximum Gasteiger partial charge on any atom is 0.330 e. The summed E-state index contributed by atoms with van der Waals surface area (Å²) < 4.78 is 27.9. The van der Waals surface area contributed by atoms with Gasteiger partial charge in [0.2, 0.25) is 5.91 Å². The first-order valence-electron chi connectivity index (χ1n) is 10.3. The maximum absolute atomic E-state index is 13.5. The van der Waals surface area contributed by atoms with Crippen molar-refractivity contribution < 1.29 is 13.6 Å². The zero-order chi connectivity index (χ0) is 25.1. The Hall–Kier alpha value is -4.32. The van der Waals surface area contributed by atoms with Gasteiger partial charge in [-0.3, -0.25) is 19.1 Å². The fraction of sp³-hybridized carbons (Fsp3) is 0.130. The van der Waals surface area contributed by atoms with Crippen molar-refractivity contribution in [3.05, 3.63) is 91.9 Å². The molecule has 0 saturated heterocycles. The highest BCUT2D eigenvalue weighted by Gasteiger charge is 2.19. The van der Waals surface area contributed by atoms with Crippen LogP contribution in [0.4, 0.5) is 25.4 Å². The van der Waals surface area contributed by atoms with Gasteiger partial charge in [-0.1, -0.05) is 30.3 Å². The van der Waals surface area contributed by atoms with Gasteiger partial charge in [-0.2, -0.15) is 0 Å². The maximum atomic E-state index is 13.5. The molecule has 1 amide bonds. The number of thiazole rings is 1. The van der Waals surface area contributed by atoms with Crippen LogP contribution in [0.2, 0.25) is 0 Å². The van der Waals surface area contributed by atoms with Crippen molar-refractivity contribution in [2.24, 2.45) is 0 Å². The number of nitrogens with two attached hydrogens (primary N) is 1. The van der Waals surface area contributed by atoms with Crippen molar-refractivity contribution in [3.63, 3.8) is 0 Å². The third-order valence-corrected chi connectivity index (χ3v) is 5.88. The van der Waals surface area contributed by atoms with Gasteiger partial charge in [0.05, 0.1) is 18.8 Å². The summed E-state index contributed by atoms with van der Waals surface area (Å²) in [6, 6.07) is 12.5. The lowest BCUT2D eigenvalue weighted by Gasteiger charge is -2.21. The molecule has 0 aliphatic heterocycles. The zero-order valence-corrected chi connectivity index (χ0v) is 19.2. The first kappa shape index (κ1) is 23.8. The number of benzene rings is 2. The Morgan fingerprint density at radius 1 is 1.17 bits per heavy atom. The van der Waals surface area contributed by atoms with E-state index in [4.69, 9.17) is 5.73 Å². The summed E-state index contributed by atoms with van der Waals surface area (Å²) in [7, 11) is 1.49. The molecular weight excluding hydrogens is 478 g/mol. The van der Waals surface area contributed by atoms with Gasteiger partial charge in [0.1, 0.15) is 11.5 Å². The Kier molecular flexibility index (Phi) is 6.73. The molecule has 2 heterocycles. The number of halogens is 2. The number of likely N-dealkylation sites (N-methyl/N-ethyl adjacent to an activating group) is 1. The second-order valence-corrected chi connectivity index (χ2v) is 8.49. The number of nitrogens with zero attached hydrogens (tertiary/aromatic N) is 3. The van der Waals surface area contributed by atoms with Crippen molar-refractivity contribution in [1.29, 1.82) is 0 Å². The van der Waals surface area contributed by atoms with Crippen LogP contribution in [0.1, 0.15) is 5.56 Å². The summed E-state index contributed by atoms with van der Waals surface area (Å²) in [5, 5.41) is 4.43. The molecule has 0 bridgehead atoms. The van der Waals surface area contributed by atoms with Gasteiger partial charge < -0.3 is 16.0 Å². The highest BCUT2D eigenvalue weighted by atomic mass is 32.1. The second-order valence-electron chi connectivity index (χ2n) is 7.64. The minimum Gasteiger partial charge on any atom is -0.383 e. The third-order valence-electron chi connectivity index (χ3n) is 5.13. The number of hydrogen-bond acceptors (Lipinski definition) is 7. The van der Waals surface area contributed by atoms with Crippen LogP contribution in [0, 0.1) is 11.6 Å². The van der Waals surface area contributed by atoms with Crippen molar-refractivity contribution in [3.8, 4) is 11.3 Å². The van der Waals surface area contributed by atoms with E-state index in [-0.39, 0.29) is 29.7 Å². The lowest BCUT2D eigenvalue weighted by molar-refractivity contribution is -0.114. The van der Waals surface area contributed by atoms with Crippen LogP contribution < -0.4 is 27.2 Å². The van der Waals surface area contributed by atoms with Crippen LogP contribution in [-0.4, -0.2) is 34.0 Å². The molecule has 9 nitrogen and oxygen atoms in total. The Labute approximate surface area is 201 Å². The molecule has 12 heteroatoms. The molecule has 4 rings (SSSR count). The van der Waals surface area contributed by atoms with Gasteiger partial charge in [-0.05, 0) is 23.8 Å². The van der Waals surface area contributed by atoms with E-state index in [1.807, 2.05) is 30.3 Å². The summed E-state index contributed by atoms with van der Waals surface area (Å²) in [6.45, 7) is -0.127. The molecule has 0 fully saturated rings. The Bertz CT molecular complexity index is 1500. The standard InChI is InChI=1S/C23H20F2N6O3S/c1-30(19-20(26)31(23(34)29-21(19)33)10-13-5-3-2-4-6-13)11-18(32)28-22-27-17(12-35-22)14-7-8-15(24)16(25)9-14/h2-9,12H,10-11,26H2,1H3,(H,27,28,32)(H,29,33,34). The molecule has 2 aromatic heterocycles. The van der Waals surface area contributed by atoms with Crippen molar-refractivity contribution in [1.82, 2.24) is 14.5 Å². The van der Waals surface area contributed by atoms with E-state index in [1.165, 1.54) is 22.6 Å². The van der Waals surface area contributed by atoms with Gasteiger partial charge in [0, 0.05) is 18.0 Å². The predicted octanol–water partition coefficient (Wildman–Crippen LogP) is 2.64. The number of carbonyl (C=O) groups is 1. The summed E-state index contributed by atoms with van der Waals surface area (Å²) in [5.74, 6) is -2.55. The van der Waals surface area contributed by atoms with Crippen LogP contribution in [0.15, 0.2) is 63.5 Å². The van der Waals surface area contributed by atoms with Crippen LogP contribution in [-0.2, 0) is 11.3 Å². The van der Waals surface area contributed by atoms with Crippen molar-refractivity contribution in [2.75, 3.05) is 29.5 Å². The SMILES string of the molecule is CN(CC(=O)Nc1nc(-c2ccc(F)c(F)c2)cs1)c1c(N)n(Cc2ccccc2)c(=O)[nH]c1=O. The number of rotatable bonds is 7. The minimum atomic E-state index is -1.00. The molecule has 4 aromatic rings. The van der Waals surface area contributed by atoms with E-state index >= 15 is 0 Å². The van der Waals surface area contributed by atoms with Crippen LogP contribution >= 0.6 is 11.3 Å². The number of aromatic nitrogens is 3.